The van der Waals surface area contributed by atoms with Gasteiger partial charge >= 0.3 is 0 Å². The van der Waals surface area contributed by atoms with Crippen molar-refractivity contribution in [3.8, 4) is 0 Å². The fourth-order valence-electron chi connectivity index (χ4n) is 2.25. The zero-order valence-corrected chi connectivity index (χ0v) is 8.54. The third kappa shape index (κ3) is 2.22. The Morgan fingerprint density at radius 3 is 2.54 bits per heavy atom. The molecule has 13 heavy (non-hydrogen) atoms. The number of hydrogen-bond donors (Lipinski definition) is 0. The van der Waals surface area contributed by atoms with Crippen LogP contribution in [0.2, 0.25) is 0 Å². The summed E-state index contributed by atoms with van der Waals surface area (Å²) in [6.07, 6.45) is 1.24. The van der Waals surface area contributed by atoms with Crippen LogP contribution in [0.5, 0.6) is 0 Å². The normalized spacial score (nSPS) is 32.5. The predicted octanol–water partition coefficient (Wildman–Crippen LogP) is 0.413. The smallest absolute Gasteiger partial charge is 0.0622 e. The van der Waals surface area contributed by atoms with Gasteiger partial charge in [-0.15, -0.1) is 0 Å². The summed E-state index contributed by atoms with van der Waals surface area (Å²) < 4.78 is 5.41. The van der Waals surface area contributed by atoms with E-state index in [0.717, 1.165) is 19.3 Å². The first-order chi connectivity index (χ1) is 6.40. The average Bonchev–Trinajstić information content (AvgIpc) is 2.71. The van der Waals surface area contributed by atoms with E-state index in [2.05, 4.69) is 16.7 Å². The largest absolute Gasteiger partial charge is 0.380 e. The molecule has 0 spiro atoms. The van der Waals surface area contributed by atoms with E-state index >= 15 is 0 Å². The summed E-state index contributed by atoms with van der Waals surface area (Å²) in [5.74, 6) is 0. The number of hydrogen-bond acceptors (Lipinski definition) is 3. The maximum absolute atomic E-state index is 5.41. The minimum atomic E-state index is 0.721. The molecule has 0 bridgehead atoms. The van der Waals surface area contributed by atoms with Gasteiger partial charge in [0.25, 0.3) is 0 Å². The lowest BCUT2D eigenvalue weighted by molar-refractivity contribution is 0.0874. The highest BCUT2D eigenvalue weighted by atomic mass is 16.5. The van der Waals surface area contributed by atoms with Gasteiger partial charge in [0.2, 0.25) is 0 Å². The third-order valence-corrected chi connectivity index (χ3v) is 3.28. The second-order valence-electron chi connectivity index (χ2n) is 3.99. The van der Waals surface area contributed by atoms with E-state index in [9.17, 15) is 0 Å². The Morgan fingerprint density at radius 2 is 2.00 bits per heavy atom. The Bertz CT molecular complexity index is 149. The summed E-state index contributed by atoms with van der Waals surface area (Å²) in [7, 11) is 0. The van der Waals surface area contributed by atoms with Gasteiger partial charge in [0.15, 0.2) is 0 Å². The summed E-state index contributed by atoms with van der Waals surface area (Å²) in [5, 5.41) is 0. The molecule has 3 heteroatoms. The van der Waals surface area contributed by atoms with E-state index in [4.69, 9.17) is 4.74 Å². The Morgan fingerprint density at radius 1 is 1.23 bits per heavy atom. The zero-order valence-electron chi connectivity index (χ0n) is 8.54. The number of likely N-dealkylation sites (N-methyl/N-ethyl adjacent to an activating group) is 1. The van der Waals surface area contributed by atoms with E-state index in [0.29, 0.717) is 0 Å². The van der Waals surface area contributed by atoms with Gasteiger partial charge in [-0.25, -0.2) is 0 Å². The Labute approximate surface area is 80.6 Å². The molecule has 2 saturated heterocycles. The first kappa shape index (κ1) is 9.44. The van der Waals surface area contributed by atoms with Crippen LogP contribution in [0.3, 0.4) is 0 Å². The lowest BCUT2D eigenvalue weighted by atomic mass is 10.2. The van der Waals surface area contributed by atoms with Crippen LogP contribution in [-0.2, 0) is 4.74 Å². The molecule has 1 atom stereocenters. The molecule has 0 aromatic heterocycles. The molecule has 0 amide bonds. The van der Waals surface area contributed by atoms with E-state index in [1.807, 2.05) is 0 Å². The topological polar surface area (TPSA) is 15.7 Å². The second-order valence-corrected chi connectivity index (χ2v) is 3.99. The first-order valence-electron chi connectivity index (χ1n) is 5.44. The van der Waals surface area contributed by atoms with Crippen LogP contribution in [0.25, 0.3) is 0 Å². The van der Waals surface area contributed by atoms with E-state index < -0.39 is 0 Å². The molecule has 0 aromatic carbocycles. The summed E-state index contributed by atoms with van der Waals surface area (Å²) in [6.45, 7) is 10.3. The van der Waals surface area contributed by atoms with Crippen molar-refractivity contribution in [3.63, 3.8) is 0 Å². The third-order valence-electron chi connectivity index (χ3n) is 3.28. The summed E-state index contributed by atoms with van der Waals surface area (Å²) in [5.41, 5.74) is 0. The van der Waals surface area contributed by atoms with Gasteiger partial charge in [-0.05, 0) is 13.0 Å². The molecule has 0 N–H and O–H groups in total. The number of piperazine rings is 1. The second kappa shape index (κ2) is 4.40. The molecule has 2 rings (SSSR count). The highest BCUT2D eigenvalue weighted by Crippen LogP contribution is 2.14. The molecule has 0 aromatic rings. The molecule has 2 aliphatic rings. The zero-order chi connectivity index (χ0) is 9.10. The van der Waals surface area contributed by atoms with Crippen LogP contribution >= 0.6 is 0 Å². The molecule has 0 saturated carbocycles. The molecule has 1 unspecified atom stereocenters. The molecule has 76 valence electrons. The fraction of sp³-hybridized carbons (Fsp3) is 1.00. The monoisotopic (exact) mass is 184 g/mol. The molecule has 2 aliphatic heterocycles. The minimum Gasteiger partial charge on any atom is -0.380 e. The van der Waals surface area contributed by atoms with Gasteiger partial charge in [0.1, 0.15) is 0 Å². The molecular weight excluding hydrogens is 164 g/mol. The maximum Gasteiger partial charge on any atom is 0.0622 e. The summed E-state index contributed by atoms with van der Waals surface area (Å²) >= 11 is 0. The number of nitrogens with zero attached hydrogens (tertiary/aromatic N) is 2. The van der Waals surface area contributed by atoms with Crippen molar-refractivity contribution in [1.82, 2.24) is 9.80 Å². The van der Waals surface area contributed by atoms with Crippen LogP contribution in [0, 0.1) is 0 Å². The molecule has 3 nitrogen and oxygen atoms in total. The van der Waals surface area contributed by atoms with Crippen molar-refractivity contribution in [2.45, 2.75) is 19.4 Å². The Hall–Kier alpha value is -0.120. The lowest BCUT2D eigenvalue weighted by Gasteiger charge is -2.36. The number of rotatable bonds is 2. The van der Waals surface area contributed by atoms with Crippen LogP contribution in [0.4, 0.5) is 0 Å². The van der Waals surface area contributed by atoms with Crippen molar-refractivity contribution < 1.29 is 4.74 Å². The molecule has 2 fully saturated rings. The first-order valence-corrected chi connectivity index (χ1v) is 5.44. The minimum absolute atomic E-state index is 0.721. The Kier molecular flexibility index (Phi) is 3.19. The SMILES string of the molecule is CCN1CCN(C2CCOC2)CC1. The maximum atomic E-state index is 5.41. The van der Waals surface area contributed by atoms with Crippen molar-refractivity contribution in [1.29, 1.82) is 0 Å². The van der Waals surface area contributed by atoms with E-state index in [1.165, 1.54) is 39.1 Å². The van der Waals surface area contributed by atoms with Crippen molar-refractivity contribution in [2.24, 2.45) is 0 Å². The Balaban J connectivity index is 1.77. The standard InChI is InChI=1S/C10H20N2O/c1-2-11-4-6-12(7-5-11)10-3-8-13-9-10/h10H,2-9H2,1H3. The highest BCUT2D eigenvalue weighted by Gasteiger charge is 2.25. The van der Waals surface area contributed by atoms with Crippen molar-refractivity contribution in [2.75, 3.05) is 45.9 Å². The van der Waals surface area contributed by atoms with Crippen molar-refractivity contribution >= 4 is 0 Å². The molecule has 0 radical (unpaired) electrons. The lowest BCUT2D eigenvalue weighted by Crippen LogP contribution is -2.50. The van der Waals surface area contributed by atoms with Crippen LogP contribution in [0.1, 0.15) is 13.3 Å². The van der Waals surface area contributed by atoms with Gasteiger partial charge in [-0.2, -0.15) is 0 Å². The number of ether oxygens (including phenoxy) is 1. The molecule has 0 aliphatic carbocycles. The fourth-order valence-corrected chi connectivity index (χ4v) is 2.25. The van der Waals surface area contributed by atoms with Gasteiger partial charge < -0.3 is 9.64 Å². The highest BCUT2D eigenvalue weighted by molar-refractivity contribution is 4.80. The van der Waals surface area contributed by atoms with Crippen LogP contribution in [0.15, 0.2) is 0 Å². The van der Waals surface area contributed by atoms with E-state index in [-0.39, 0.29) is 0 Å². The van der Waals surface area contributed by atoms with Gasteiger partial charge in [-0.1, -0.05) is 6.92 Å². The van der Waals surface area contributed by atoms with Gasteiger partial charge in [0.05, 0.1) is 6.61 Å². The average molecular weight is 184 g/mol. The summed E-state index contributed by atoms with van der Waals surface area (Å²) in [6, 6.07) is 0.721. The predicted molar refractivity (Wildman–Crippen MR) is 52.9 cm³/mol. The van der Waals surface area contributed by atoms with Crippen molar-refractivity contribution in [3.05, 3.63) is 0 Å². The van der Waals surface area contributed by atoms with Gasteiger partial charge in [-0.3, -0.25) is 4.90 Å². The summed E-state index contributed by atoms with van der Waals surface area (Å²) in [4.78, 5) is 5.12. The quantitative estimate of drug-likeness (QED) is 0.618. The van der Waals surface area contributed by atoms with Gasteiger partial charge in [0, 0.05) is 38.8 Å². The van der Waals surface area contributed by atoms with Crippen LogP contribution < -0.4 is 0 Å². The molecule has 2 heterocycles. The molecular formula is C10H20N2O. The van der Waals surface area contributed by atoms with E-state index in [1.54, 1.807) is 0 Å². The van der Waals surface area contributed by atoms with Crippen LogP contribution in [-0.4, -0.2) is 61.8 Å².